The first-order valence-electron chi connectivity index (χ1n) is 23.0. The number of phosphoric ester groups is 1. The van der Waals surface area contributed by atoms with Gasteiger partial charge in [-0.25, -0.2) is 0 Å². The van der Waals surface area contributed by atoms with E-state index in [0.717, 1.165) is 44.9 Å². The highest BCUT2D eigenvalue weighted by atomic mass is 31.2. The number of hydrogen-bond donors (Lipinski definition) is 0. The molecule has 0 aromatic heterocycles. The maximum atomic E-state index is 12.7. The van der Waals surface area contributed by atoms with Crippen LogP contribution in [0.5, 0.6) is 0 Å². The Morgan fingerprint density at radius 1 is 0.536 bits per heavy atom. The zero-order valence-electron chi connectivity index (χ0n) is 37.1. The first-order chi connectivity index (χ1) is 27.0. The highest BCUT2D eigenvalue weighted by molar-refractivity contribution is 7.45. The highest BCUT2D eigenvalue weighted by Crippen LogP contribution is 2.38. The van der Waals surface area contributed by atoms with Crippen LogP contribution in [0.3, 0.4) is 0 Å². The standard InChI is InChI=1S/C46H88NO8P/c1-6-8-10-12-14-16-18-20-22-23-25-27-29-31-33-35-37-39-46(49)55-44(43-54-56(50,51)53-41-40-47(3,4)5)42-52-45(48)38-36-34-32-30-28-26-24-21-19-17-15-13-11-9-7-2/h20,22,31,33,44H,6-19,21,23-30,32,34-43H2,1-5H3/b22-20-,33-31-/t44-/m1/s1. The number of carbonyl (C=O) groups excluding carboxylic acids is 2. The van der Waals surface area contributed by atoms with Gasteiger partial charge in [0.15, 0.2) is 6.10 Å². The molecule has 0 aliphatic rings. The van der Waals surface area contributed by atoms with E-state index in [-0.39, 0.29) is 32.0 Å². The Hall–Kier alpha value is -1.51. The van der Waals surface area contributed by atoms with Crippen LogP contribution in [-0.2, 0) is 32.7 Å². The van der Waals surface area contributed by atoms with Crippen molar-refractivity contribution in [3.8, 4) is 0 Å². The molecule has 56 heavy (non-hydrogen) atoms. The average molecular weight is 814 g/mol. The van der Waals surface area contributed by atoms with E-state index in [2.05, 4.69) is 38.2 Å². The van der Waals surface area contributed by atoms with Gasteiger partial charge in [-0.05, 0) is 57.8 Å². The average Bonchev–Trinajstić information content (AvgIpc) is 3.15. The fourth-order valence-electron chi connectivity index (χ4n) is 6.30. The van der Waals surface area contributed by atoms with Crippen LogP contribution in [0.15, 0.2) is 24.3 Å². The van der Waals surface area contributed by atoms with Gasteiger partial charge in [0.05, 0.1) is 27.7 Å². The van der Waals surface area contributed by atoms with Gasteiger partial charge in [-0.3, -0.25) is 14.2 Å². The molecule has 0 N–H and O–H groups in total. The second-order valence-corrected chi connectivity index (χ2v) is 18.2. The van der Waals surface area contributed by atoms with Crippen LogP contribution in [-0.4, -0.2) is 70.0 Å². The number of unbranched alkanes of at least 4 members (excludes halogenated alkanes) is 24. The number of phosphoric acid groups is 1. The first-order valence-corrected chi connectivity index (χ1v) is 24.5. The van der Waals surface area contributed by atoms with Gasteiger partial charge in [0.25, 0.3) is 7.82 Å². The molecule has 0 fully saturated rings. The summed E-state index contributed by atoms with van der Waals surface area (Å²) in [5.74, 6) is -0.871. The minimum absolute atomic E-state index is 0.0349. The maximum absolute atomic E-state index is 12.7. The summed E-state index contributed by atoms with van der Waals surface area (Å²) in [6, 6.07) is 0. The molecule has 0 amide bonds. The van der Waals surface area contributed by atoms with E-state index in [4.69, 9.17) is 18.5 Å². The summed E-state index contributed by atoms with van der Waals surface area (Å²) < 4.78 is 33.9. The van der Waals surface area contributed by atoms with Crippen LogP contribution in [0, 0.1) is 0 Å². The summed E-state index contributed by atoms with van der Waals surface area (Å²) >= 11 is 0. The summed E-state index contributed by atoms with van der Waals surface area (Å²) in [5, 5.41) is 0. The van der Waals surface area contributed by atoms with E-state index < -0.39 is 26.5 Å². The smallest absolute Gasteiger partial charge is 0.306 e. The van der Waals surface area contributed by atoms with Gasteiger partial charge in [-0.2, -0.15) is 0 Å². The van der Waals surface area contributed by atoms with Gasteiger partial charge in [-0.1, -0.05) is 160 Å². The second kappa shape index (κ2) is 39.0. The molecule has 2 atom stereocenters. The van der Waals surface area contributed by atoms with Gasteiger partial charge in [0.1, 0.15) is 19.8 Å². The molecule has 0 radical (unpaired) electrons. The molecule has 0 saturated carbocycles. The lowest BCUT2D eigenvalue weighted by Crippen LogP contribution is -2.37. The predicted molar refractivity (Wildman–Crippen MR) is 231 cm³/mol. The zero-order chi connectivity index (χ0) is 41.4. The molecular formula is C46H88NO8P. The van der Waals surface area contributed by atoms with E-state index in [0.29, 0.717) is 17.4 Å². The Kier molecular flexibility index (Phi) is 37.9. The topological polar surface area (TPSA) is 111 Å². The number of carbonyl (C=O) groups is 2. The molecule has 330 valence electrons. The van der Waals surface area contributed by atoms with Crippen LogP contribution >= 0.6 is 7.82 Å². The number of quaternary nitrogens is 1. The summed E-state index contributed by atoms with van der Waals surface area (Å²) in [4.78, 5) is 37.5. The number of hydrogen-bond acceptors (Lipinski definition) is 8. The molecule has 9 nitrogen and oxygen atoms in total. The van der Waals surface area contributed by atoms with Crippen molar-refractivity contribution >= 4 is 19.8 Å². The highest BCUT2D eigenvalue weighted by Gasteiger charge is 2.21. The van der Waals surface area contributed by atoms with Gasteiger partial charge >= 0.3 is 11.9 Å². The third-order valence-corrected chi connectivity index (χ3v) is 10.9. The van der Waals surface area contributed by atoms with Crippen LogP contribution in [0.1, 0.15) is 206 Å². The van der Waals surface area contributed by atoms with E-state index in [9.17, 15) is 19.0 Å². The Morgan fingerprint density at radius 3 is 1.39 bits per heavy atom. The van der Waals surface area contributed by atoms with Gasteiger partial charge < -0.3 is 27.9 Å². The maximum Gasteiger partial charge on any atom is 0.306 e. The van der Waals surface area contributed by atoms with E-state index in [1.54, 1.807) is 0 Å². The Morgan fingerprint density at radius 2 is 0.929 bits per heavy atom. The SMILES string of the molecule is CCCCCCCC/C=C\CCCC/C=C\CCCC(=O)O[C@H](COC(=O)CCCCCCCCCCCCCCCCC)COP(=O)([O-])OCC[N+](C)(C)C. The van der Waals surface area contributed by atoms with Crippen molar-refractivity contribution in [3.63, 3.8) is 0 Å². The minimum atomic E-state index is -4.63. The van der Waals surface area contributed by atoms with Crippen LogP contribution in [0.4, 0.5) is 0 Å². The van der Waals surface area contributed by atoms with Crippen molar-refractivity contribution in [1.82, 2.24) is 0 Å². The summed E-state index contributed by atoms with van der Waals surface area (Å²) in [6.07, 6.45) is 42.1. The Bertz CT molecular complexity index is 1010. The van der Waals surface area contributed by atoms with E-state index >= 15 is 0 Å². The third kappa shape index (κ3) is 42.1. The van der Waals surface area contributed by atoms with Crippen molar-refractivity contribution in [1.29, 1.82) is 0 Å². The summed E-state index contributed by atoms with van der Waals surface area (Å²) in [7, 11) is 1.15. The number of allylic oxidation sites excluding steroid dienone is 4. The lowest BCUT2D eigenvalue weighted by Gasteiger charge is -2.28. The fourth-order valence-corrected chi connectivity index (χ4v) is 7.03. The molecule has 0 saturated heterocycles. The molecule has 0 aliphatic heterocycles. The second-order valence-electron chi connectivity index (χ2n) is 16.8. The quantitative estimate of drug-likeness (QED) is 0.0197. The van der Waals surface area contributed by atoms with Gasteiger partial charge in [0.2, 0.25) is 0 Å². The monoisotopic (exact) mass is 814 g/mol. The van der Waals surface area contributed by atoms with Crippen molar-refractivity contribution in [2.45, 2.75) is 213 Å². The predicted octanol–water partition coefficient (Wildman–Crippen LogP) is 12.5. The molecule has 0 aliphatic carbocycles. The van der Waals surface area contributed by atoms with Gasteiger partial charge in [0, 0.05) is 12.8 Å². The van der Waals surface area contributed by atoms with Crippen LogP contribution < -0.4 is 4.89 Å². The third-order valence-electron chi connectivity index (χ3n) is 9.94. The van der Waals surface area contributed by atoms with Crippen LogP contribution in [0.2, 0.25) is 0 Å². The molecule has 0 heterocycles. The van der Waals surface area contributed by atoms with E-state index in [1.165, 1.54) is 128 Å². The zero-order valence-corrected chi connectivity index (χ0v) is 38.0. The molecule has 0 rings (SSSR count). The minimum Gasteiger partial charge on any atom is -0.756 e. The molecule has 0 bridgehead atoms. The Balaban J connectivity index is 4.36. The largest absolute Gasteiger partial charge is 0.756 e. The molecule has 10 heteroatoms. The number of nitrogens with zero attached hydrogens (tertiary/aromatic N) is 1. The number of ether oxygens (including phenoxy) is 2. The number of likely N-dealkylation sites (N-methyl/N-ethyl adjacent to an activating group) is 1. The Labute approximate surface area is 345 Å². The van der Waals surface area contributed by atoms with Crippen LogP contribution in [0.25, 0.3) is 0 Å². The lowest BCUT2D eigenvalue weighted by molar-refractivity contribution is -0.870. The number of esters is 2. The van der Waals surface area contributed by atoms with Gasteiger partial charge in [-0.15, -0.1) is 0 Å². The van der Waals surface area contributed by atoms with Crippen molar-refractivity contribution < 1.29 is 42.1 Å². The number of rotatable bonds is 42. The molecule has 0 spiro atoms. The van der Waals surface area contributed by atoms with E-state index in [1.807, 2.05) is 21.1 Å². The van der Waals surface area contributed by atoms with Crippen molar-refractivity contribution in [2.75, 3.05) is 47.5 Å². The molecule has 0 aromatic rings. The molecule has 1 unspecified atom stereocenters. The van der Waals surface area contributed by atoms with Crippen molar-refractivity contribution in [3.05, 3.63) is 24.3 Å². The normalized spacial score (nSPS) is 13.8. The summed E-state index contributed by atoms with van der Waals surface area (Å²) in [5.41, 5.74) is 0. The van der Waals surface area contributed by atoms with Crippen molar-refractivity contribution in [2.24, 2.45) is 0 Å². The summed E-state index contributed by atoms with van der Waals surface area (Å²) in [6.45, 7) is 4.20. The fraction of sp³-hybridized carbons (Fsp3) is 0.870. The molecular weight excluding hydrogens is 725 g/mol. The lowest BCUT2D eigenvalue weighted by atomic mass is 10.0. The first kappa shape index (κ1) is 54.5. The molecule has 0 aromatic carbocycles.